The van der Waals surface area contributed by atoms with E-state index in [2.05, 4.69) is 4.99 Å². The van der Waals surface area contributed by atoms with E-state index in [0.29, 0.717) is 5.90 Å². The van der Waals surface area contributed by atoms with Gasteiger partial charge in [0.2, 0.25) is 5.90 Å². The molecule has 0 aromatic rings. The third-order valence-corrected chi connectivity index (χ3v) is 2.97. The zero-order valence-electron chi connectivity index (χ0n) is 10.2. The van der Waals surface area contributed by atoms with E-state index in [0.717, 1.165) is 25.0 Å². The maximum atomic E-state index is 11.6. The van der Waals surface area contributed by atoms with Crippen LogP contribution in [0.4, 0.5) is 0 Å². The van der Waals surface area contributed by atoms with Crippen molar-refractivity contribution >= 4 is 11.9 Å². The number of hydrogen-bond donors (Lipinski definition) is 0. The van der Waals surface area contributed by atoms with E-state index in [1.165, 1.54) is 0 Å². The molecule has 1 heterocycles. The Balaban J connectivity index is 2.13. The Morgan fingerprint density at radius 2 is 2.41 bits per heavy atom. The van der Waals surface area contributed by atoms with Gasteiger partial charge in [-0.3, -0.25) is 0 Å². The SMILES string of the molecule is CCCC1N=C(C2CC=CC=C2OC)OC1=O. The summed E-state index contributed by atoms with van der Waals surface area (Å²) in [6.45, 7) is 2.03. The van der Waals surface area contributed by atoms with Gasteiger partial charge in [-0.05, 0) is 18.9 Å². The standard InChI is InChI=1S/C13H17NO3/c1-3-6-10-13(15)17-12(14-10)9-7-4-5-8-11(9)16-2/h4-5,8-10H,3,6-7H2,1-2H3. The summed E-state index contributed by atoms with van der Waals surface area (Å²) < 4.78 is 10.5. The summed E-state index contributed by atoms with van der Waals surface area (Å²) in [5.41, 5.74) is 0. The smallest absolute Gasteiger partial charge is 0.337 e. The van der Waals surface area contributed by atoms with Crippen LogP contribution in [-0.4, -0.2) is 25.0 Å². The number of allylic oxidation sites excluding steroid dienone is 3. The Labute approximate surface area is 101 Å². The molecule has 1 aliphatic carbocycles. The van der Waals surface area contributed by atoms with Gasteiger partial charge in [-0.2, -0.15) is 0 Å². The normalized spacial score (nSPS) is 27.5. The predicted molar refractivity (Wildman–Crippen MR) is 64.6 cm³/mol. The van der Waals surface area contributed by atoms with Gasteiger partial charge >= 0.3 is 5.97 Å². The van der Waals surface area contributed by atoms with Crippen molar-refractivity contribution in [3.63, 3.8) is 0 Å². The van der Waals surface area contributed by atoms with Crippen LogP contribution in [0, 0.1) is 5.92 Å². The predicted octanol–water partition coefficient (Wildman–Crippen LogP) is 2.22. The van der Waals surface area contributed by atoms with Crippen LogP contribution in [0.15, 0.2) is 29.0 Å². The first-order valence-electron chi connectivity index (χ1n) is 5.96. The monoisotopic (exact) mass is 235 g/mol. The van der Waals surface area contributed by atoms with Gasteiger partial charge in [-0.1, -0.05) is 25.5 Å². The quantitative estimate of drug-likeness (QED) is 0.702. The lowest BCUT2D eigenvalue weighted by atomic mass is 9.98. The number of carbonyl (C=O) groups is 1. The van der Waals surface area contributed by atoms with E-state index < -0.39 is 0 Å². The third kappa shape index (κ3) is 2.40. The molecule has 0 amide bonds. The Kier molecular flexibility index (Phi) is 3.61. The van der Waals surface area contributed by atoms with Gasteiger partial charge in [0.15, 0.2) is 6.04 Å². The molecule has 0 aromatic carbocycles. The molecule has 0 radical (unpaired) electrons. The van der Waals surface area contributed by atoms with Crippen molar-refractivity contribution in [1.82, 2.24) is 0 Å². The van der Waals surface area contributed by atoms with Crippen LogP contribution in [0.3, 0.4) is 0 Å². The second kappa shape index (κ2) is 5.17. The number of hydrogen-bond acceptors (Lipinski definition) is 4. The molecule has 0 aromatic heterocycles. The van der Waals surface area contributed by atoms with E-state index in [4.69, 9.17) is 9.47 Å². The summed E-state index contributed by atoms with van der Waals surface area (Å²) in [4.78, 5) is 16.0. The lowest BCUT2D eigenvalue weighted by Gasteiger charge is -2.18. The first-order chi connectivity index (χ1) is 8.26. The van der Waals surface area contributed by atoms with Crippen LogP contribution in [-0.2, 0) is 14.3 Å². The highest BCUT2D eigenvalue weighted by molar-refractivity contribution is 5.99. The zero-order chi connectivity index (χ0) is 12.3. The summed E-state index contributed by atoms with van der Waals surface area (Å²) in [6, 6.07) is -0.320. The lowest BCUT2D eigenvalue weighted by Crippen LogP contribution is -2.21. The molecule has 1 aliphatic heterocycles. The Morgan fingerprint density at radius 1 is 1.59 bits per heavy atom. The minimum Gasteiger partial charge on any atom is -0.500 e. The molecule has 2 atom stereocenters. The zero-order valence-corrected chi connectivity index (χ0v) is 10.2. The first kappa shape index (κ1) is 11.9. The number of carbonyl (C=O) groups excluding carboxylic acids is 1. The third-order valence-electron chi connectivity index (χ3n) is 2.97. The summed E-state index contributed by atoms with van der Waals surface area (Å²) in [5, 5.41) is 0. The molecular formula is C13H17NO3. The molecule has 2 rings (SSSR count). The summed E-state index contributed by atoms with van der Waals surface area (Å²) >= 11 is 0. The molecule has 0 fully saturated rings. The van der Waals surface area contributed by atoms with E-state index in [1.54, 1.807) is 7.11 Å². The van der Waals surface area contributed by atoms with Gasteiger partial charge in [-0.15, -0.1) is 0 Å². The number of rotatable bonds is 4. The number of aliphatic imine (C=N–C) groups is 1. The Bertz CT molecular complexity index is 395. The molecule has 0 N–H and O–H groups in total. The van der Waals surface area contributed by atoms with E-state index >= 15 is 0 Å². The van der Waals surface area contributed by atoms with Crippen molar-refractivity contribution < 1.29 is 14.3 Å². The highest BCUT2D eigenvalue weighted by Crippen LogP contribution is 2.27. The van der Waals surface area contributed by atoms with Crippen LogP contribution in [0.2, 0.25) is 0 Å². The summed E-state index contributed by atoms with van der Waals surface area (Å²) in [6.07, 6.45) is 8.29. The number of esters is 1. The van der Waals surface area contributed by atoms with Crippen LogP contribution in [0.25, 0.3) is 0 Å². The number of methoxy groups -OCH3 is 1. The molecule has 0 saturated heterocycles. The van der Waals surface area contributed by atoms with Crippen molar-refractivity contribution in [2.45, 2.75) is 32.2 Å². The molecule has 4 heteroatoms. The molecule has 2 aliphatic rings. The van der Waals surface area contributed by atoms with Crippen molar-refractivity contribution in [3.05, 3.63) is 24.0 Å². The van der Waals surface area contributed by atoms with E-state index in [-0.39, 0.29) is 17.9 Å². The molecule has 2 unspecified atom stereocenters. The van der Waals surface area contributed by atoms with Gasteiger partial charge in [0.05, 0.1) is 13.0 Å². The molecule has 0 bridgehead atoms. The summed E-state index contributed by atoms with van der Waals surface area (Å²) in [7, 11) is 1.62. The number of cyclic esters (lactones) is 1. The fraction of sp³-hybridized carbons (Fsp3) is 0.538. The second-order valence-corrected chi connectivity index (χ2v) is 4.18. The van der Waals surface area contributed by atoms with Gasteiger partial charge in [-0.25, -0.2) is 9.79 Å². The van der Waals surface area contributed by atoms with E-state index in [9.17, 15) is 4.79 Å². The Hall–Kier alpha value is -1.58. The van der Waals surface area contributed by atoms with Gasteiger partial charge in [0.1, 0.15) is 5.76 Å². The minimum atomic E-state index is -0.320. The minimum absolute atomic E-state index is 0.0455. The first-order valence-corrected chi connectivity index (χ1v) is 5.96. The topological polar surface area (TPSA) is 47.9 Å². The fourth-order valence-electron chi connectivity index (χ4n) is 2.06. The van der Waals surface area contributed by atoms with Crippen molar-refractivity contribution in [1.29, 1.82) is 0 Å². The maximum Gasteiger partial charge on any atom is 0.337 e. The van der Waals surface area contributed by atoms with Crippen LogP contribution >= 0.6 is 0 Å². The molecule has 92 valence electrons. The van der Waals surface area contributed by atoms with Gasteiger partial charge in [0.25, 0.3) is 0 Å². The molecule has 0 spiro atoms. The molecule has 0 saturated carbocycles. The lowest BCUT2D eigenvalue weighted by molar-refractivity contribution is -0.135. The van der Waals surface area contributed by atoms with Crippen molar-refractivity contribution in [2.75, 3.05) is 7.11 Å². The number of nitrogens with zero attached hydrogens (tertiary/aromatic N) is 1. The van der Waals surface area contributed by atoms with Crippen molar-refractivity contribution in [2.24, 2.45) is 10.9 Å². The van der Waals surface area contributed by atoms with Crippen LogP contribution in [0.5, 0.6) is 0 Å². The average molecular weight is 235 g/mol. The van der Waals surface area contributed by atoms with Gasteiger partial charge < -0.3 is 9.47 Å². The molecular weight excluding hydrogens is 218 g/mol. The van der Waals surface area contributed by atoms with E-state index in [1.807, 2.05) is 25.2 Å². The van der Waals surface area contributed by atoms with Crippen molar-refractivity contribution in [3.8, 4) is 0 Å². The average Bonchev–Trinajstić information content (AvgIpc) is 2.71. The maximum absolute atomic E-state index is 11.6. The molecule has 4 nitrogen and oxygen atoms in total. The summed E-state index contributed by atoms with van der Waals surface area (Å²) in [5.74, 6) is 1.03. The number of ether oxygens (including phenoxy) is 2. The van der Waals surface area contributed by atoms with Gasteiger partial charge in [0, 0.05) is 0 Å². The van der Waals surface area contributed by atoms with Crippen LogP contribution in [0.1, 0.15) is 26.2 Å². The molecule has 17 heavy (non-hydrogen) atoms. The largest absolute Gasteiger partial charge is 0.500 e. The van der Waals surface area contributed by atoms with Crippen LogP contribution < -0.4 is 0 Å². The Morgan fingerprint density at radius 3 is 3.12 bits per heavy atom. The highest BCUT2D eigenvalue weighted by Gasteiger charge is 2.34. The second-order valence-electron chi connectivity index (χ2n) is 4.18. The highest BCUT2D eigenvalue weighted by atomic mass is 16.6. The fourth-order valence-corrected chi connectivity index (χ4v) is 2.06.